The lowest BCUT2D eigenvalue weighted by Crippen LogP contribution is -2.35. The second kappa shape index (κ2) is 8.32. The van der Waals surface area contributed by atoms with E-state index < -0.39 is 5.97 Å². The van der Waals surface area contributed by atoms with Crippen molar-refractivity contribution < 1.29 is 14.7 Å². The van der Waals surface area contributed by atoms with Crippen LogP contribution in [0.4, 0.5) is 0 Å². The van der Waals surface area contributed by atoms with Crippen LogP contribution < -0.4 is 0 Å². The molecule has 0 aliphatic rings. The molecule has 0 amide bonds. The number of Topliss-reactive ketones (excluding diaryl/α,β-unsaturated/α-hetero) is 1. The van der Waals surface area contributed by atoms with E-state index in [0.29, 0.717) is 12.1 Å². The Kier molecular flexibility index (Phi) is 6.37. The van der Waals surface area contributed by atoms with E-state index in [0.717, 1.165) is 23.5 Å². The summed E-state index contributed by atoms with van der Waals surface area (Å²) >= 11 is 0. The molecule has 26 heavy (non-hydrogen) atoms. The summed E-state index contributed by atoms with van der Waals surface area (Å²) < 4.78 is 2.08. The molecule has 0 aliphatic carbocycles. The summed E-state index contributed by atoms with van der Waals surface area (Å²) in [6.45, 7) is 10.7. The lowest BCUT2D eigenvalue weighted by molar-refractivity contribution is -0.138. The first-order valence-corrected chi connectivity index (χ1v) is 8.98. The molecule has 0 saturated heterocycles. The minimum Gasteiger partial charge on any atom is -0.480 e. The van der Waals surface area contributed by atoms with Crippen molar-refractivity contribution in [2.24, 2.45) is 0 Å². The van der Waals surface area contributed by atoms with Crippen molar-refractivity contribution in [3.8, 4) is 5.69 Å². The topological polar surface area (TPSA) is 62.5 Å². The minimum atomic E-state index is -0.910. The van der Waals surface area contributed by atoms with Crippen molar-refractivity contribution in [2.45, 2.75) is 41.0 Å². The Morgan fingerprint density at radius 2 is 1.73 bits per heavy atom. The number of carbonyl (C=O) groups is 2. The van der Waals surface area contributed by atoms with E-state index >= 15 is 0 Å². The van der Waals surface area contributed by atoms with Gasteiger partial charge < -0.3 is 9.67 Å². The molecular formula is C21H28N2O3. The van der Waals surface area contributed by atoms with Crippen molar-refractivity contribution in [1.82, 2.24) is 9.47 Å². The fourth-order valence-corrected chi connectivity index (χ4v) is 3.32. The first kappa shape index (κ1) is 19.9. The van der Waals surface area contributed by atoms with Crippen molar-refractivity contribution in [3.05, 3.63) is 52.3 Å². The molecule has 0 spiro atoms. The van der Waals surface area contributed by atoms with E-state index in [-0.39, 0.29) is 18.9 Å². The third kappa shape index (κ3) is 4.41. The van der Waals surface area contributed by atoms with Crippen LogP contribution >= 0.6 is 0 Å². The number of hydrogen-bond acceptors (Lipinski definition) is 3. The van der Waals surface area contributed by atoms with E-state index in [4.69, 9.17) is 5.11 Å². The molecule has 2 rings (SSSR count). The highest BCUT2D eigenvalue weighted by atomic mass is 16.4. The van der Waals surface area contributed by atoms with Gasteiger partial charge in [0.2, 0.25) is 0 Å². The standard InChI is InChI=1S/C21H28N2O3/c1-6-9-22(13-21(25)26)12-20(24)19-11-16(4)23(17(19)5)18-8-7-14(2)15(3)10-18/h7-8,10-11H,6,9,12-13H2,1-5H3,(H,25,26). The lowest BCUT2D eigenvalue weighted by atomic mass is 10.1. The van der Waals surface area contributed by atoms with Crippen molar-refractivity contribution in [3.63, 3.8) is 0 Å². The van der Waals surface area contributed by atoms with Gasteiger partial charge in [-0.1, -0.05) is 13.0 Å². The van der Waals surface area contributed by atoms with Gasteiger partial charge in [-0.05, 0) is 70.0 Å². The van der Waals surface area contributed by atoms with Crippen LogP contribution in [-0.4, -0.2) is 46.0 Å². The average molecular weight is 356 g/mol. The quantitative estimate of drug-likeness (QED) is 0.733. The third-order valence-corrected chi connectivity index (χ3v) is 4.75. The van der Waals surface area contributed by atoms with Crippen LogP contribution in [0.5, 0.6) is 0 Å². The van der Waals surface area contributed by atoms with E-state index in [1.165, 1.54) is 11.1 Å². The Labute approximate surface area is 155 Å². The Morgan fingerprint density at radius 3 is 2.31 bits per heavy atom. The molecule has 1 heterocycles. The van der Waals surface area contributed by atoms with Crippen LogP contribution in [0.1, 0.15) is 46.2 Å². The van der Waals surface area contributed by atoms with Gasteiger partial charge in [-0.2, -0.15) is 0 Å². The predicted octanol–water partition coefficient (Wildman–Crippen LogP) is 3.69. The summed E-state index contributed by atoms with van der Waals surface area (Å²) in [5.74, 6) is -0.949. The maximum atomic E-state index is 12.8. The maximum absolute atomic E-state index is 12.8. The van der Waals surface area contributed by atoms with E-state index in [9.17, 15) is 9.59 Å². The molecule has 0 bridgehead atoms. The number of ketones is 1. The van der Waals surface area contributed by atoms with Gasteiger partial charge in [0.05, 0.1) is 13.1 Å². The van der Waals surface area contributed by atoms with Gasteiger partial charge in [-0.25, -0.2) is 0 Å². The van der Waals surface area contributed by atoms with Crippen LogP contribution in [0, 0.1) is 27.7 Å². The minimum absolute atomic E-state index is 0.0390. The van der Waals surface area contributed by atoms with Crippen LogP contribution in [0.15, 0.2) is 24.3 Å². The zero-order chi connectivity index (χ0) is 19.4. The van der Waals surface area contributed by atoms with Gasteiger partial charge >= 0.3 is 5.97 Å². The van der Waals surface area contributed by atoms with Gasteiger partial charge in [-0.3, -0.25) is 14.5 Å². The number of aryl methyl sites for hydroxylation is 3. The van der Waals surface area contributed by atoms with Gasteiger partial charge in [0.25, 0.3) is 0 Å². The van der Waals surface area contributed by atoms with Crippen LogP contribution in [0.2, 0.25) is 0 Å². The predicted molar refractivity (Wildman–Crippen MR) is 103 cm³/mol. The first-order valence-electron chi connectivity index (χ1n) is 8.98. The molecule has 1 aromatic carbocycles. The largest absolute Gasteiger partial charge is 0.480 e. The normalized spacial score (nSPS) is 11.2. The van der Waals surface area contributed by atoms with Crippen molar-refractivity contribution in [1.29, 1.82) is 0 Å². The maximum Gasteiger partial charge on any atom is 0.317 e. The highest BCUT2D eigenvalue weighted by molar-refractivity contribution is 5.99. The fourth-order valence-electron chi connectivity index (χ4n) is 3.32. The van der Waals surface area contributed by atoms with Crippen LogP contribution in [0.3, 0.4) is 0 Å². The van der Waals surface area contributed by atoms with Crippen LogP contribution in [-0.2, 0) is 4.79 Å². The summed E-state index contributed by atoms with van der Waals surface area (Å²) in [5.41, 5.74) is 6.03. The van der Waals surface area contributed by atoms with E-state index in [1.807, 2.05) is 26.8 Å². The number of benzene rings is 1. The molecule has 0 fully saturated rings. The van der Waals surface area contributed by atoms with Gasteiger partial charge in [0.1, 0.15) is 0 Å². The number of aromatic nitrogens is 1. The highest BCUT2D eigenvalue weighted by Gasteiger charge is 2.20. The zero-order valence-electron chi connectivity index (χ0n) is 16.3. The van der Waals surface area contributed by atoms with Crippen LogP contribution in [0.25, 0.3) is 5.69 Å². The first-order chi connectivity index (χ1) is 12.2. The molecule has 0 radical (unpaired) electrons. The number of hydrogen-bond donors (Lipinski definition) is 1. The molecule has 1 N–H and O–H groups in total. The second-order valence-corrected chi connectivity index (χ2v) is 6.92. The smallest absolute Gasteiger partial charge is 0.317 e. The van der Waals surface area contributed by atoms with Gasteiger partial charge in [-0.15, -0.1) is 0 Å². The molecule has 2 aromatic rings. The molecule has 5 nitrogen and oxygen atoms in total. The van der Waals surface area contributed by atoms with Gasteiger partial charge in [0.15, 0.2) is 5.78 Å². The second-order valence-electron chi connectivity index (χ2n) is 6.92. The molecule has 0 aliphatic heterocycles. The number of aliphatic carboxylic acids is 1. The van der Waals surface area contributed by atoms with E-state index in [2.05, 4.69) is 36.6 Å². The molecule has 0 unspecified atom stereocenters. The Bertz CT molecular complexity index is 821. The molecule has 5 heteroatoms. The summed E-state index contributed by atoms with van der Waals surface area (Å²) in [7, 11) is 0. The number of nitrogens with zero attached hydrogens (tertiary/aromatic N) is 2. The fraction of sp³-hybridized carbons (Fsp3) is 0.429. The third-order valence-electron chi connectivity index (χ3n) is 4.75. The molecule has 140 valence electrons. The highest BCUT2D eigenvalue weighted by Crippen LogP contribution is 2.23. The van der Waals surface area contributed by atoms with Crippen molar-refractivity contribution in [2.75, 3.05) is 19.6 Å². The number of rotatable bonds is 8. The number of carbonyl (C=O) groups excluding carboxylic acids is 1. The Hall–Kier alpha value is -2.40. The zero-order valence-corrected chi connectivity index (χ0v) is 16.3. The summed E-state index contributed by atoms with van der Waals surface area (Å²) in [6.07, 6.45) is 0.808. The summed E-state index contributed by atoms with van der Waals surface area (Å²) in [4.78, 5) is 25.5. The SMILES string of the molecule is CCCN(CC(=O)O)CC(=O)c1cc(C)n(-c2ccc(C)c(C)c2)c1C. The molecule has 0 saturated carbocycles. The Balaban J connectivity index is 2.32. The lowest BCUT2D eigenvalue weighted by Gasteiger charge is -2.18. The molecular weight excluding hydrogens is 328 g/mol. The van der Waals surface area contributed by atoms with Crippen molar-refractivity contribution >= 4 is 11.8 Å². The van der Waals surface area contributed by atoms with Gasteiger partial charge in [0, 0.05) is 22.6 Å². The average Bonchev–Trinajstić information content (AvgIpc) is 2.84. The number of carboxylic acid groups (broad SMARTS) is 1. The molecule has 1 aromatic heterocycles. The van der Waals surface area contributed by atoms with E-state index in [1.54, 1.807) is 4.90 Å². The molecule has 0 atom stereocenters. The summed E-state index contributed by atoms with van der Waals surface area (Å²) in [6, 6.07) is 8.17. The Morgan fingerprint density at radius 1 is 1.04 bits per heavy atom. The number of carboxylic acids is 1. The monoisotopic (exact) mass is 356 g/mol. The summed E-state index contributed by atoms with van der Waals surface area (Å²) in [5, 5.41) is 9.04.